The second kappa shape index (κ2) is 4.64. The van der Waals surface area contributed by atoms with Crippen molar-refractivity contribution in [1.29, 1.82) is 0 Å². The molecule has 0 saturated carbocycles. The van der Waals surface area contributed by atoms with Crippen LogP contribution < -0.4 is 4.73 Å². The van der Waals surface area contributed by atoms with Gasteiger partial charge in [0.2, 0.25) is 0 Å². The molecule has 0 N–H and O–H groups in total. The summed E-state index contributed by atoms with van der Waals surface area (Å²) in [6.07, 6.45) is 1.83. The van der Waals surface area contributed by atoms with E-state index in [0.717, 1.165) is 17.6 Å². The van der Waals surface area contributed by atoms with Gasteiger partial charge in [-0.05, 0) is 50.0 Å². The van der Waals surface area contributed by atoms with Crippen molar-refractivity contribution < 1.29 is 9.47 Å². The van der Waals surface area contributed by atoms with Crippen molar-refractivity contribution in [3.05, 3.63) is 45.9 Å². The van der Waals surface area contributed by atoms with Crippen molar-refractivity contribution in [3.8, 4) is 11.4 Å². The van der Waals surface area contributed by atoms with E-state index in [9.17, 15) is 5.21 Å². The lowest BCUT2D eigenvalue weighted by Crippen LogP contribution is -2.53. The fourth-order valence-corrected chi connectivity index (χ4v) is 3.85. The zero-order chi connectivity index (χ0) is 15.5. The summed E-state index contributed by atoms with van der Waals surface area (Å²) in [7, 11) is 0. The molecule has 3 atom stereocenters. The minimum absolute atomic E-state index is 0.0165. The summed E-state index contributed by atoms with van der Waals surface area (Å²) in [5.74, 6) is 0.368. The maximum Gasteiger partial charge on any atom is 0.361 e. The highest BCUT2D eigenvalue weighted by Gasteiger charge is 2.51. The maximum atomic E-state index is 12.9. The van der Waals surface area contributed by atoms with Gasteiger partial charge in [-0.1, -0.05) is 17.7 Å². The van der Waals surface area contributed by atoms with Crippen LogP contribution in [0.2, 0.25) is 5.02 Å². The summed E-state index contributed by atoms with van der Waals surface area (Å²) in [6.45, 7) is 4.01. The summed E-state index contributed by atoms with van der Waals surface area (Å²) in [6, 6.07) is 7.12. The van der Waals surface area contributed by atoms with Gasteiger partial charge < -0.3 is 9.94 Å². The highest BCUT2D eigenvalue weighted by Crippen LogP contribution is 2.49. The first kappa shape index (κ1) is 13.9. The predicted octanol–water partition coefficient (Wildman–Crippen LogP) is 2.94. The van der Waals surface area contributed by atoms with Gasteiger partial charge in [-0.2, -0.15) is 0 Å². The SMILES string of the molecule is CC1OC2(C)CCC1c1c2nnc(-c2cccc(Cl)c2)[n+]1[O-]. The van der Waals surface area contributed by atoms with Gasteiger partial charge >= 0.3 is 5.82 Å². The molecular formula is C16H16ClN3O2. The Morgan fingerprint density at radius 1 is 1.41 bits per heavy atom. The van der Waals surface area contributed by atoms with Crippen molar-refractivity contribution in [2.75, 3.05) is 0 Å². The van der Waals surface area contributed by atoms with Crippen molar-refractivity contribution in [1.82, 2.24) is 10.2 Å². The van der Waals surface area contributed by atoms with Crippen LogP contribution in [-0.2, 0) is 10.3 Å². The standard InChI is InChI=1S/C16H16ClN3O2/c1-9-12-6-7-16(2,22-9)14-13(12)20(21)15(19-18-14)10-4-3-5-11(17)8-10/h3-5,8-9,12H,6-7H2,1-2H3. The highest BCUT2D eigenvalue weighted by molar-refractivity contribution is 6.30. The van der Waals surface area contributed by atoms with Crippen LogP contribution in [0.4, 0.5) is 0 Å². The molecule has 0 amide bonds. The Labute approximate surface area is 133 Å². The lowest BCUT2D eigenvalue weighted by Gasteiger charge is -2.46. The molecule has 1 aromatic carbocycles. The summed E-state index contributed by atoms with van der Waals surface area (Å²) in [5.41, 5.74) is 1.56. The molecule has 2 aromatic rings. The summed E-state index contributed by atoms with van der Waals surface area (Å²) in [4.78, 5) is 0. The molecule has 3 aliphatic rings. The summed E-state index contributed by atoms with van der Waals surface area (Å²) >= 11 is 6.02. The molecule has 5 rings (SSSR count). The zero-order valence-corrected chi connectivity index (χ0v) is 13.2. The molecule has 1 fully saturated rings. The molecule has 114 valence electrons. The number of rotatable bonds is 1. The van der Waals surface area contributed by atoms with Gasteiger partial charge in [0.25, 0.3) is 0 Å². The maximum absolute atomic E-state index is 12.9. The first-order valence-corrected chi connectivity index (χ1v) is 7.82. The fourth-order valence-electron chi connectivity index (χ4n) is 3.66. The van der Waals surface area contributed by atoms with Crippen molar-refractivity contribution in [2.24, 2.45) is 0 Å². The number of nitrogens with zero attached hydrogens (tertiary/aromatic N) is 3. The molecule has 3 unspecified atom stereocenters. The van der Waals surface area contributed by atoms with Crippen molar-refractivity contribution in [2.45, 2.75) is 44.3 Å². The van der Waals surface area contributed by atoms with E-state index >= 15 is 0 Å². The van der Waals surface area contributed by atoms with Crippen LogP contribution >= 0.6 is 11.6 Å². The van der Waals surface area contributed by atoms with E-state index in [1.807, 2.05) is 19.9 Å². The number of fused-ring (bicyclic) bond motifs is 2. The van der Waals surface area contributed by atoms with Gasteiger partial charge in [0.05, 0.1) is 16.8 Å². The zero-order valence-electron chi connectivity index (χ0n) is 12.4. The van der Waals surface area contributed by atoms with Crippen LogP contribution in [0.1, 0.15) is 44.0 Å². The second-order valence-electron chi connectivity index (χ2n) is 6.26. The molecule has 22 heavy (non-hydrogen) atoms. The summed E-state index contributed by atoms with van der Waals surface area (Å²) < 4.78 is 6.97. The normalized spacial score (nSPS) is 29.4. The van der Waals surface area contributed by atoms with Crippen molar-refractivity contribution in [3.63, 3.8) is 0 Å². The molecule has 1 aliphatic carbocycles. The smallest absolute Gasteiger partial charge is 0.361 e. The number of ether oxygens (including phenoxy) is 1. The van der Waals surface area contributed by atoms with Gasteiger partial charge in [-0.15, -0.1) is 0 Å². The molecule has 2 aliphatic heterocycles. The van der Waals surface area contributed by atoms with Crippen LogP contribution in [0.5, 0.6) is 0 Å². The number of hydrogen-bond donors (Lipinski definition) is 0. The molecule has 2 bridgehead atoms. The van der Waals surface area contributed by atoms with Gasteiger partial charge in [0.15, 0.2) is 5.69 Å². The van der Waals surface area contributed by atoms with E-state index in [4.69, 9.17) is 16.3 Å². The molecule has 0 radical (unpaired) electrons. The average Bonchev–Trinajstić information content (AvgIpc) is 2.47. The van der Waals surface area contributed by atoms with E-state index in [1.165, 1.54) is 0 Å². The lowest BCUT2D eigenvalue weighted by molar-refractivity contribution is -0.612. The second-order valence-corrected chi connectivity index (χ2v) is 6.70. The Balaban J connectivity index is 1.93. The molecule has 6 heteroatoms. The predicted molar refractivity (Wildman–Crippen MR) is 81.3 cm³/mol. The minimum atomic E-state index is -0.504. The highest BCUT2D eigenvalue weighted by atomic mass is 35.5. The van der Waals surface area contributed by atoms with Crippen LogP contribution in [0.15, 0.2) is 24.3 Å². The Morgan fingerprint density at radius 2 is 2.23 bits per heavy atom. The molecular weight excluding hydrogens is 302 g/mol. The monoisotopic (exact) mass is 317 g/mol. The first-order valence-electron chi connectivity index (χ1n) is 7.44. The van der Waals surface area contributed by atoms with E-state index in [-0.39, 0.29) is 12.0 Å². The Morgan fingerprint density at radius 3 is 2.95 bits per heavy atom. The summed E-state index contributed by atoms with van der Waals surface area (Å²) in [5, 5.41) is 22.0. The Hall–Kier alpha value is -1.72. The number of aromatic nitrogens is 3. The van der Waals surface area contributed by atoms with E-state index in [2.05, 4.69) is 10.2 Å². The Bertz CT molecular complexity index is 767. The third-order valence-electron chi connectivity index (χ3n) is 4.78. The van der Waals surface area contributed by atoms with Gasteiger partial charge in [0.1, 0.15) is 11.3 Å². The third kappa shape index (κ3) is 1.85. The molecule has 0 spiro atoms. The number of hydrogen-bond acceptors (Lipinski definition) is 4. The van der Waals surface area contributed by atoms with E-state index < -0.39 is 5.60 Å². The van der Waals surface area contributed by atoms with E-state index in [1.54, 1.807) is 18.2 Å². The fraction of sp³-hybridized carbons (Fsp3) is 0.438. The minimum Gasteiger partial charge on any atom is -0.710 e. The number of halogens is 1. The number of benzene rings is 1. The van der Waals surface area contributed by atoms with E-state index in [0.29, 0.717) is 27.8 Å². The third-order valence-corrected chi connectivity index (χ3v) is 5.01. The molecule has 1 aromatic heterocycles. The van der Waals surface area contributed by atoms with Crippen molar-refractivity contribution >= 4 is 11.6 Å². The quantitative estimate of drug-likeness (QED) is 0.599. The first-order chi connectivity index (χ1) is 10.5. The van der Waals surface area contributed by atoms with Crippen LogP contribution in [0, 0.1) is 5.21 Å². The molecule has 1 saturated heterocycles. The Kier molecular flexibility index (Phi) is 2.93. The van der Waals surface area contributed by atoms with Crippen LogP contribution in [-0.4, -0.2) is 16.3 Å². The molecule has 5 nitrogen and oxygen atoms in total. The van der Waals surface area contributed by atoms with Gasteiger partial charge in [0, 0.05) is 10.9 Å². The average molecular weight is 318 g/mol. The van der Waals surface area contributed by atoms with Gasteiger partial charge in [-0.25, -0.2) is 4.73 Å². The lowest BCUT2D eigenvalue weighted by atomic mass is 9.74. The van der Waals surface area contributed by atoms with Gasteiger partial charge in [-0.3, -0.25) is 0 Å². The van der Waals surface area contributed by atoms with Crippen LogP contribution in [0.25, 0.3) is 11.4 Å². The topological polar surface area (TPSA) is 62.0 Å². The van der Waals surface area contributed by atoms with Crippen LogP contribution in [0.3, 0.4) is 0 Å². The largest absolute Gasteiger partial charge is 0.710 e. The molecule has 3 heterocycles.